The van der Waals surface area contributed by atoms with Crippen LogP contribution in [0.5, 0.6) is 5.75 Å². The number of imide groups is 1. The highest BCUT2D eigenvalue weighted by Crippen LogP contribution is 2.29. The minimum absolute atomic E-state index is 0.218. The number of β-amino-alcohol motifs (C(OH)–C–C–N with tert-alkyl or cyclic N) is 1. The summed E-state index contributed by atoms with van der Waals surface area (Å²) in [5, 5.41) is 12.7. The van der Waals surface area contributed by atoms with Crippen LogP contribution in [0, 0.1) is 0 Å². The maximum absolute atomic E-state index is 13.1. The quantitative estimate of drug-likeness (QED) is 0.486. The van der Waals surface area contributed by atoms with Gasteiger partial charge in [-0.25, -0.2) is 0 Å². The van der Waals surface area contributed by atoms with E-state index in [1.54, 1.807) is 36.4 Å². The van der Waals surface area contributed by atoms with Crippen LogP contribution in [0.15, 0.2) is 60.7 Å². The number of hydrogen-bond acceptors (Lipinski definition) is 6. The Kier molecular flexibility index (Phi) is 7.02. The second-order valence-corrected chi connectivity index (χ2v) is 9.47. The van der Waals surface area contributed by atoms with E-state index in [-0.39, 0.29) is 18.4 Å². The second kappa shape index (κ2) is 10.3. The minimum Gasteiger partial charge on any atom is -0.491 e. The molecule has 2 aliphatic heterocycles. The van der Waals surface area contributed by atoms with Gasteiger partial charge in [-0.1, -0.05) is 35.9 Å². The van der Waals surface area contributed by atoms with Gasteiger partial charge in [-0.3, -0.25) is 24.3 Å². The van der Waals surface area contributed by atoms with Gasteiger partial charge in [-0.2, -0.15) is 0 Å². The maximum atomic E-state index is 13.1. The van der Waals surface area contributed by atoms with E-state index in [1.165, 1.54) is 4.90 Å². The molecular formula is C27H28ClN3O4. The van der Waals surface area contributed by atoms with Gasteiger partial charge >= 0.3 is 0 Å². The summed E-state index contributed by atoms with van der Waals surface area (Å²) in [4.78, 5) is 32.0. The summed E-state index contributed by atoms with van der Waals surface area (Å²) >= 11 is 5.88. The molecule has 182 valence electrons. The van der Waals surface area contributed by atoms with Gasteiger partial charge in [0.05, 0.1) is 0 Å². The Morgan fingerprint density at radius 2 is 1.43 bits per heavy atom. The number of piperazine rings is 1. The first kappa shape index (κ1) is 23.8. The molecule has 1 N–H and O–H groups in total. The summed E-state index contributed by atoms with van der Waals surface area (Å²) in [6.07, 6.45) is -0.594. The van der Waals surface area contributed by atoms with E-state index in [2.05, 4.69) is 9.80 Å². The third-order valence-corrected chi connectivity index (χ3v) is 6.94. The first-order chi connectivity index (χ1) is 17.0. The minimum atomic E-state index is -0.594. The summed E-state index contributed by atoms with van der Waals surface area (Å²) < 4.78 is 5.64. The highest BCUT2D eigenvalue weighted by Gasteiger charge is 2.33. The molecule has 5 rings (SSSR count). The molecule has 3 aromatic rings. The lowest BCUT2D eigenvalue weighted by atomic mass is 9.94. The van der Waals surface area contributed by atoms with Crippen molar-refractivity contribution in [3.63, 3.8) is 0 Å². The van der Waals surface area contributed by atoms with Gasteiger partial charge in [0.15, 0.2) is 0 Å². The number of hydrogen-bond donors (Lipinski definition) is 1. The third-order valence-electron chi connectivity index (χ3n) is 6.69. The fourth-order valence-electron chi connectivity index (χ4n) is 4.79. The van der Waals surface area contributed by atoms with Crippen molar-refractivity contribution in [3.8, 4) is 5.75 Å². The molecule has 0 spiro atoms. The summed E-state index contributed by atoms with van der Waals surface area (Å²) in [5.74, 6) is 0.238. The summed E-state index contributed by atoms with van der Waals surface area (Å²) in [7, 11) is 0. The number of halogens is 1. The molecule has 2 heterocycles. The Morgan fingerprint density at radius 1 is 0.829 bits per heavy atom. The van der Waals surface area contributed by atoms with Crippen molar-refractivity contribution in [3.05, 3.63) is 76.8 Å². The Hall–Kier alpha value is -2.97. The first-order valence-electron chi connectivity index (χ1n) is 11.9. The van der Waals surface area contributed by atoms with E-state index in [9.17, 15) is 14.7 Å². The van der Waals surface area contributed by atoms with E-state index in [1.807, 2.05) is 24.3 Å². The number of nitrogens with zero attached hydrogens (tertiary/aromatic N) is 3. The number of ether oxygens (including phenoxy) is 1. The van der Waals surface area contributed by atoms with Gasteiger partial charge in [0.2, 0.25) is 0 Å². The Labute approximate surface area is 209 Å². The van der Waals surface area contributed by atoms with Gasteiger partial charge in [0.25, 0.3) is 11.8 Å². The van der Waals surface area contributed by atoms with Gasteiger partial charge in [-0.05, 0) is 41.8 Å². The number of aliphatic hydroxyl groups excluding tert-OH is 1. The number of aliphatic hydroxyl groups is 1. The van der Waals surface area contributed by atoms with E-state index in [4.69, 9.17) is 16.3 Å². The predicted molar refractivity (Wildman–Crippen MR) is 135 cm³/mol. The molecule has 2 amide bonds. The summed E-state index contributed by atoms with van der Waals surface area (Å²) in [6.45, 7) is 4.98. The van der Waals surface area contributed by atoms with Gasteiger partial charge in [-0.15, -0.1) is 0 Å². The molecule has 0 radical (unpaired) electrons. The highest BCUT2D eigenvalue weighted by molar-refractivity contribution is 6.30. The zero-order valence-electron chi connectivity index (χ0n) is 19.4. The monoisotopic (exact) mass is 493 g/mol. The van der Waals surface area contributed by atoms with Crippen LogP contribution in [0.2, 0.25) is 5.02 Å². The average Bonchev–Trinajstić information content (AvgIpc) is 2.88. The van der Waals surface area contributed by atoms with Crippen LogP contribution in [-0.2, 0) is 0 Å². The molecule has 7 nitrogen and oxygen atoms in total. The maximum Gasteiger partial charge on any atom is 0.261 e. The topological polar surface area (TPSA) is 73.3 Å². The fourth-order valence-corrected chi connectivity index (χ4v) is 4.92. The SMILES string of the molecule is O=C1c2cccc3cccc(c23)C(=O)N1CCN1CCN(C[C@H](O)COc2ccc(Cl)cc2)CC1. The van der Waals surface area contributed by atoms with Crippen LogP contribution in [0.25, 0.3) is 10.8 Å². The molecule has 1 atom stereocenters. The summed E-state index contributed by atoms with van der Waals surface area (Å²) in [6, 6.07) is 18.3. The summed E-state index contributed by atoms with van der Waals surface area (Å²) in [5.41, 5.74) is 1.19. The Balaban J connectivity index is 1.09. The molecule has 0 aliphatic carbocycles. The number of carbonyl (C=O) groups is 2. The van der Waals surface area contributed by atoms with E-state index >= 15 is 0 Å². The smallest absolute Gasteiger partial charge is 0.261 e. The normalized spacial score (nSPS) is 17.7. The Bertz CT molecular complexity index is 1170. The van der Waals surface area contributed by atoms with Crippen LogP contribution in [-0.4, -0.2) is 90.1 Å². The van der Waals surface area contributed by atoms with E-state index in [0.29, 0.717) is 41.5 Å². The average molecular weight is 494 g/mol. The number of benzene rings is 3. The number of carbonyl (C=O) groups excluding carboxylic acids is 2. The van der Waals surface area contributed by atoms with Gasteiger partial charge in [0, 0.05) is 67.3 Å². The second-order valence-electron chi connectivity index (χ2n) is 9.03. The van der Waals surface area contributed by atoms with Crippen molar-refractivity contribution < 1.29 is 19.4 Å². The molecule has 0 bridgehead atoms. The number of amides is 2. The third kappa shape index (κ3) is 5.18. The van der Waals surface area contributed by atoms with Crippen molar-refractivity contribution in [2.24, 2.45) is 0 Å². The van der Waals surface area contributed by atoms with Crippen LogP contribution in [0.4, 0.5) is 0 Å². The zero-order valence-corrected chi connectivity index (χ0v) is 20.2. The molecule has 35 heavy (non-hydrogen) atoms. The molecule has 1 fully saturated rings. The lowest BCUT2D eigenvalue weighted by Crippen LogP contribution is -2.51. The van der Waals surface area contributed by atoms with Gasteiger partial charge in [0.1, 0.15) is 18.5 Å². The Morgan fingerprint density at radius 3 is 2.06 bits per heavy atom. The lowest BCUT2D eigenvalue weighted by molar-refractivity contribution is 0.0416. The fraction of sp³-hybridized carbons (Fsp3) is 0.333. The van der Waals surface area contributed by atoms with E-state index < -0.39 is 6.10 Å². The van der Waals surface area contributed by atoms with Crippen LogP contribution in [0.1, 0.15) is 20.7 Å². The molecular weight excluding hydrogens is 466 g/mol. The van der Waals surface area contributed by atoms with Crippen LogP contribution < -0.4 is 4.74 Å². The molecule has 0 saturated carbocycles. The van der Waals surface area contributed by atoms with Crippen molar-refractivity contribution in [2.75, 3.05) is 52.4 Å². The molecule has 1 saturated heterocycles. The standard InChI is InChI=1S/C27H28ClN3O4/c28-20-7-9-22(10-8-20)35-18-21(32)17-30-13-11-29(12-14-30)15-16-31-26(33)23-5-1-3-19-4-2-6-24(25(19)23)27(31)34/h1-10,21,32H,11-18H2/t21-/m0/s1. The van der Waals surface area contributed by atoms with Gasteiger partial charge < -0.3 is 9.84 Å². The highest BCUT2D eigenvalue weighted by atomic mass is 35.5. The number of rotatable bonds is 8. The molecule has 3 aromatic carbocycles. The predicted octanol–water partition coefficient (Wildman–Crippen LogP) is 3.15. The largest absolute Gasteiger partial charge is 0.491 e. The van der Waals surface area contributed by atoms with E-state index in [0.717, 1.165) is 37.0 Å². The molecule has 0 aromatic heterocycles. The van der Waals surface area contributed by atoms with Crippen molar-refractivity contribution in [1.29, 1.82) is 0 Å². The van der Waals surface area contributed by atoms with Crippen molar-refractivity contribution in [2.45, 2.75) is 6.10 Å². The first-order valence-corrected chi connectivity index (χ1v) is 12.3. The van der Waals surface area contributed by atoms with Crippen LogP contribution in [0.3, 0.4) is 0 Å². The molecule has 8 heteroatoms. The molecule has 0 unspecified atom stereocenters. The van der Waals surface area contributed by atoms with Crippen molar-refractivity contribution in [1.82, 2.24) is 14.7 Å². The van der Waals surface area contributed by atoms with Crippen LogP contribution >= 0.6 is 11.6 Å². The lowest BCUT2D eigenvalue weighted by Gasteiger charge is -2.36. The molecule has 2 aliphatic rings. The zero-order chi connectivity index (χ0) is 24.4. The van der Waals surface area contributed by atoms with Crippen molar-refractivity contribution >= 4 is 34.2 Å².